The Labute approximate surface area is 107 Å². The maximum atomic E-state index is 13.6. The first-order chi connectivity index (χ1) is 9.13. The fourth-order valence-corrected chi connectivity index (χ4v) is 1.45. The van der Waals surface area contributed by atoms with E-state index in [9.17, 15) is 8.78 Å². The summed E-state index contributed by atoms with van der Waals surface area (Å²) in [5, 5.41) is 17.5. The summed E-state index contributed by atoms with van der Waals surface area (Å²) in [5.41, 5.74) is 0.119. The average Bonchev–Trinajstić information content (AvgIpc) is 2.42. The normalized spacial score (nSPS) is 9.47. The lowest BCUT2D eigenvalue weighted by Crippen LogP contribution is -1.92. The van der Waals surface area contributed by atoms with E-state index >= 15 is 0 Å². The summed E-state index contributed by atoms with van der Waals surface area (Å²) in [6.45, 7) is 0. The zero-order chi connectivity index (χ0) is 13.8. The summed E-state index contributed by atoms with van der Waals surface area (Å²) in [6, 6.07) is 10.6. The molecule has 0 atom stereocenters. The summed E-state index contributed by atoms with van der Waals surface area (Å²) < 4.78 is 31.8. The van der Waals surface area contributed by atoms with Crippen LogP contribution < -0.4 is 4.74 Å². The number of hydrogen-bond acceptors (Lipinski definition) is 3. The lowest BCUT2D eigenvalue weighted by molar-refractivity contribution is 0.440. The van der Waals surface area contributed by atoms with E-state index in [0.717, 1.165) is 18.2 Å². The molecule has 0 spiro atoms. The Balaban J connectivity index is 2.37. The number of ether oxygens (including phenoxy) is 1. The molecule has 0 unspecified atom stereocenters. The van der Waals surface area contributed by atoms with Gasteiger partial charge >= 0.3 is 0 Å². The van der Waals surface area contributed by atoms with Crippen molar-refractivity contribution in [3.63, 3.8) is 0 Å². The van der Waals surface area contributed by atoms with E-state index < -0.39 is 11.6 Å². The van der Waals surface area contributed by atoms with Gasteiger partial charge in [-0.15, -0.1) is 0 Å². The monoisotopic (exact) mass is 256 g/mol. The maximum absolute atomic E-state index is 13.6. The van der Waals surface area contributed by atoms with Crippen LogP contribution in [0.1, 0.15) is 11.1 Å². The summed E-state index contributed by atoms with van der Waals surface area (Å²) in [6.07, 6.45) is 0. The summed E-state index contributed by atoms with van der Waals surface area (Å²) in [4.78, 5) is 0. The third-order valence-corrected chi connectivity index (χ3v) is 2.34. The molecule has 0 saturated heterocycles. The first-order valence-corrected chi connectivity index (χ1v) is 5.21. The topological polar surface area (TPSA) is 56.8 Å². The summed E-state index contributed by atoms with van der Waals surface area (Å²) in [7, 11) is 0. The Morgan fingerprint density at radius 3 is 2.26 bits per heavy atom. The van der Waals surface area contributed by atoms with Crippen LogP contribution in [-0.4, -0.2) is 0 Å². The molecule has 0 amide bonds. The highest BCUT2D eigenvalue weighted by Gasteiger charge is 2.10. The molecule has 0 aliphatic heterocycles. The fraction of sp³-hybridized carbons (Fsp3) is 0. The highest BCUT2D eigenvalue weighted by atomic mass is 19.1. The maximum Gasteiger partial charge on any atom is 0.167 e. The van der Waals surface area contributed by atoms with Gasteiger partial charge in [0.05, 0.1) is 17.2 Å². The number of rotatable bonds is 2. The second-order valence-corrected chi connectivity index (χ2v) is 3.61. The van der Waals surface area contributed by atoms with Crippen molar-refractivity contribution in [3.05, 3.63) is 59.2 Å². The van der Waals surface area contributed by atoms with Crippen molar-refractivity contribution < 1.29 is 13.5 Å². The van der Waals surface area contributed by atoms with Gasteiger partial charge in [0.15, 0.2) is 11.6 Å². The van der Waals surface area contributed by atoms with Crippen molar-refractivity contribution in [1.82, 2.24) is 0 Å². The van der Waals surface area contributed by atoms with E-state index in [2.05, 4.69) is 0 Å². The molecule has 0 radical (unpaired) electrons. The van der Waals surface area contributed by atoms with Gasteiger partial charge in [-0.3, -0.25) is 0 Å². The van der Waals surface area contributed by atoms with E-state index in [0.29, 0.717) is 0 Å². The molecule has 0 aromatic heterocycles. The first-order valence-electron chi connectivity index (χ1n) is 5.21. The van der Waals surface area contributed by atoms with Crippen molar-refractivity contribution in [2.45, 2.75) is 0 Å². The van der Waals surface area contributed by atoms with Gasteiger partial charge in [-0.25, -0.2) is 8.78 Å². The van der Waals surface area contributed by atoms with Crippen molar-refractivity contribution >= 4 is 0 Å². The van der Waals surface area contributed by atoms with E-state index in [4.69, 9.17) is 15.3 Å². The molecule has 5 heteroatoms. The van der Waals surface area contributed by atoms with Gasteiger partial charge in [0.25, 0.3) is 0 Å². The quantitative estimate of drug-likeness (QED) is 0.826. The van der Waals surface area contributed by atoms with E-state index in [1.54, 1.807) is 12.1 Å². The molecule has 0 heterocycles. The molecule has 2 aromatic carbocycles. The van der Waals surface area contributed by atoms with Crippen LogP contribution in [0.4, 0.5) is 8.78 Å². The number of nitrogens with zero attached hydrogens (tertiary/aromatic N) is 2. The van der Waals surface area contributed by atoms with Crippen LogP contribution >= 0.6 is 0 Å². The van der Waals surface area contributed by atoms with Crippen LogP contribution in [0.25, 0.3) is 0 Å². The summed E-state index contributed by atoms with van der Waals surface area (Å²) in [5.74, 6) is -1.40. The van der Waals surface area contributed by atoms with Crippen LogP contribution in [0.15, 0.2) is 36.4 Å². The van der Waals surface area contributed by atoms with Crippen LogP contribution in [0.3, 0.4) is 0 Å². The zero-order valence-electron chi connectivity index (χ0n) is 9.52. The van der Waals surface area contributed by atoms with E-state index in [1.165, 1.54) is 18.2 Å². The smallest absolute Gasteiger partial charge is 0.167 e. The lowest BCUT2D eigenvalue weighted by Gasteiger charge is -2.08. The van der Waals surface area contributed by atoms with Gasteiger partial charge in [0, 0.05) is 0 Å². The molecule has 92 valence electrons. The van der Waals surface area contributed by atoms with Crippen molar-refractivity contribution in [2.75, 3.05) is 0 Å². The Hall–Kier alpha value is -2.92. The van der Waals surface area contributed by atoms with E-state index in [-0.39, 0.29) is 22.6 Å². The third kappa shape index (κ3) is 2.67. The van der Waals surface area contributed by atoms with Gasteiger partial charge in [0.1, 0.15) is 17.6 Å². The predicted octanol–water partition coefficient (Wildman–Crippen LogP) is 3.50. The SMILES string of the molecule is N#Cc1ccc(Oc2ccc(F)cc2C#N)c(F)c1. The molecule has 2 rings (SSSR count). The zero-order valence-corrected chi connectivity index (χ0v) is 9.52. The van der Waals surface area contributed by atoms with Crippen molar-refractivity contribution in [2.24, 2.45) is 0 Å². The molecule has 0 saturated carbocycles. The second kappa shape index (κ2) is 5.16. The van der Waals surface area contributed by atoms with Crippen LogP contribution in [0.5, 0.6) is 11.5 Å². The van der Waals surface area contributed by atoms with Gasteiger partial charge in [-0.2, -0.15) is 10.5 Å². The molecule has 0 N–H and O–H groups in total. The Morgan fingerprint density at radius 2 is 1.63 bits per heavy atom. The lowest BCUT2D eigenvalue weighted by atomic mass is 10.2. The molecule has 2 aromatic rings. The van der Waals surface area contributed by atoms with Crippen LogP contribution in [-0.2, 0) is 0 Å². The molecule has 19 heavy (non-hydrogen) atoms. The standard InChI is InChI=1S/C14H6F2N2O/c15-11-2-4-13(10(6-11)8-18)19-14-3-1-9(7-17)5-12(14)16/h1-6H. The molecule has 0 aliphatic carbocycles. The summed E-state index contributed by atoms with van der Waals surface area (Å²) >= 11 is 0. The minimum Gasteiger partial charge on any atom is -0.453 e. The predicted molar refractivity (Wildman–Crippen MR) is 62.3 cm³/mol. The molecule has 0 aliphatic rings. The Kier molecular flexibility index (Phi) is 3.40. The van der Waals surface area contributed by atoms with E-state index in [1.807, 2.05) is 0 Å². The van der Waals surface area contributed by atoms with Crippen LogP contribution in [0, 0.1) is 34.3 Å². The minimum absolute atomic E-state index is 0.0382. The van der Waals surface area contributed by atoms with Gasteiger partial charge < -0.3 is 4.74 Å². The Morgan fingerprint density at radius 1 is 0.895 bits per heavy atom. The largest absolute Gasteiger partial charge is 0.453 e. The highest BCUT2D eigenvalue weighted by molar-refractivity contribution is 5.46. The minimum atomic E-state index is -0.729. The number of hydrogen-bond donors (Lipinski definition) is 0. The van der Waals surface area contributed by atoms with Crippen molar-refractivity contribution in [1.29, 1.82) is 10.5 Å². The number of benzene rings is 2. The number of nitriles is 2. The van der Waals surface area contributed by atoms with Crippen molar-refractivity contribution in [3.8, 4) is 23.6 Å². The molecule has 0 fully saturated rings. The molecule has 3 nitrogen and oxygen atoms in total. The first kappa shape index (κ1) is 12.5. The Bertz CT molecular complexity index is 714. The molecule has 0 bridgehead atoms. The van der Waals surface area contributed by atoms with Gasteiger partial charge in [0.2, 0.25) is 0 Å². The third-order valence-electron chi connectivity index (χ3n) is 2.34. The molecular weight excluding hydrogens is 250 g/mol. The second-order valence-electron chi connectivity index (χ2n) is 3.61. The average molecular weight is 256 g/mol. The van der Waals surface area contributed by atoms with Crippen LogP contribution in [0.2, 0.25) is 0 Å². The van der Waals surface area contributed by atoms with Gasteiger partial charge in [-0.1, -0.05) is 0 Å². The highest BCUT2D eigenvalue weighted by Crippen LogP contribution is 2.28. The molecular formula is C14H6F2N2O. The fourth-order valence-electron chi connectivity index (χ4n) is 1.45. The van der Waals surface area contributed by atoms with Gasteiger partial charge in [-0.05, 0) is 36.4 Å². The number of halogens is 2.